The lowest BCUT2D eigenvalue weighted by Crippen LogP contribution is -2.39. The van der Waals surface area contributed by atoms with Gasteiger partial charge in [-0.3, -0.25) is 9.69 Å². The molecule has 1 amide bonds. The SMILES string of the molecule is C=CCN1CC[C@@]2(CN(Cc3ccc(C)s3)C[C@@H]2c2nccs2)C1=O. The average Bonchev–Trinajstić information content (AvgIpc) is 3.35. The van der Waals surface area contributed by atoms with Crippen molar-refractivity contribution in [3.05, 3.63) is 51.1 Å². The molecule has 0 radical (unpaired) electrons. The van der Waals surface area contributed by atoms with Gasteiger partial charge in [-0.1, -0.05) is 6.08 Å². The van der Waals surface area contributed by atoms with E-state index >= 15 is 0 Å². The Morgan fingerprint density at radius 1 is 1.48 bits per heavy atom. The number of carbonyl (C=O) groups is 1. The van der Waals surface area contributed by atoms with Crippen LogP contribution in [0.3, 0.4) is 0 Å². The van der Waals surface area contributed by atoms with Crippen LogP contribution in [-0.2, 0) is 11.3 Å². The average molecular weight is 374 g/mol. The second kappa shape index (κ2) is 6.67. The molecule has 6 heteroatoms. The van der Waals surface area contributed by atoms with E-state index in [2.05, 4.69) is 35.5 Å². The molecule has 2 aliphatic heterocycles. The second-order valence-electron chi connectivity index (χ2n) is 7.05. The maximum atomic E-state index is 13.3. The van der Waals surface area contributed by atoms with Crippen molar-refractivity contribution in [2.45, 2.75) is 25.8 Å². The fourth-order valence-corrected chi connectivity index (χ4v) is 6.08. The van der Waals surface area contributed by atoms with Crippen LogP contribution in [0.2, 0.25) is 0 Å². The minimum absolute atomic E-state index is 0.205. The zero-order chi connectivity index (χ0) is 17.4. The third kappa shape index (κ3) is 2.96. The van der Waals surface area contributed by atoms with Crippen molar-refractivity contribution in [2.75, 3.05) is 26.2 Å². The Balaban J connectivity index is 1.61. The molecular weight excluding hydrogens is 350 g/mol. The summed E-state index contributed by atoms with van der Waals surface area (Å²) < 4.78 is 0. The van der Waals surface area contributed by atoms with Crippen molar-refractivity contribution < 1.29 is 4.79 Å². The Labute approximate surface area is 156 Å². The molecule has 2 aromatic heterocycles. The van der Waals surface area contributed by atoms with Crippen molar-refractivity contribution in [2.24, 2.45) is 5.41 Å². The first-order valence-electron chi connectivity index (χ1n) is 8.70. The summed E-state index contributed by atoms with van der Waals surface area (Å²) in [7, 11) is 0. The van der Waals surface area contributed by atoms with Crippen molar-refractivity contribution >= 4 is 28.6 Å². The number of thiazole rings is 1. The predicted molar refractivity (Wildman–Crippen MR) is 103 cm³/mol. The van der Waals surface area contributed by atoms with E-state index < -0.39 is 0 Å². The molecule has 2 aliphatic rings. The molecule has 2 atom stereocenters. The number of aryl methyl sites for hydroxylation is 1. The topological polar surface area (TPSA) is 36.4 Å². The van der Waals surface area contributed by atoms with Crippen molar-refractivity contribution in [3.63, 3.8) is 0 Å². The quantitative estimate of drug-likeness (QED) is 0.753. The molecule has 1 spiro atoms. The molecule has 2 fully saturated rings. The largest absolute Gasteiger partial charge is 0.338 e. The van der Waals surface area contributed by atoms with Gasteiger partial charge in [0.25, 0.3) is 0 Å². The summed E-state index contributed by atoms with van der Waals surface area (Å²) in [5.41, 5.74) is -0.312. The maximum Gasteiger partial charge on any atom is 0.231 e. The van der Waals surface area contributed by atoms with E-state index in [0.29, 0.717) is 6.54 Å². The summed E-state index contributed by atoms with van der Waals surface area (Å²) in [4.78, 5) is 25.0. The molecule has 0 aromatic carbocycles. The number of likely N-dealkylation sites (tertiary alicyclic amines) is 2. The number of aromatic nitrogens is 1. The van der Waals surface area contributed by atoms with Gasteiger partial charge in [0.2, 0.25) is 5.91 Å². The molecule has 0 aliphatic carbocycles. The van der Waals surface area contributed by atoms with Gasteiger partial charge < -0.3 is 4.90 Å². The lowest BCUT2D eigenvalue weighted by Gasteiger charge is -2.27. The van der Waals surface area contributed by atoms with E-state index in [1.54, 1.807) is 11.3 Å². The molecule has 0 N–H and O–H groups in total. The van der Waals surface area contributed by atoms with Gasteiger partial charge >= 0.3 is 0 Å². The minimum Gasteiger partial charge on any atom is -0.338 e. The molecule has 4 nitrogen and oxygen atoms in total. The van der Waals surface area contributed by atoms with Gasteiger partial charge in [0.1, 0.15) is 0 Å². The van der Waals surface area contributed by atoms with Crippen LogP contribution in [0.4, 0.5) is 0 Å². The van der Waals surface area contributed by atoms with Gasteiger partial charge in [-0.15, -0.1) is 29.3 Å². The zero-order valence-corrected chi connectivity index (χ0v) is 16.1. The van der Waals surface area contributed by atoms with Crippen LogP contribution in [-0.4, -0.2) is 46.9 Å². The van der Waals surface area contributed by atoms with Crippen molar-refractivity contribution in [1.29, 1.82) is 0 Å². The molecule has 0 bridgehead atoms. The first-order chi connectivity index (χ1) is 12.1. The van der Waals surface area contributed by atoms with Crippen LogP contribution >= 0.6 is 22.7 Å². The molecule has 132 valence electrons. The Kier molecular flexibility index (Phi) is 4.52. The molecule has 4 heterocycles. The third-order valence-electron chi connectivity index (χ3n) is 5.43. The van der Waals surface area contributed by atoms with E-state index in [0.717, 1.165) is 37.6 Å². The number of hydrogen-bond acceptors (Lipinski definition) is 5. The smallest absolute Gasteiger partial charge is 0.231 e. The Bertz CT molecular complexity index is 769. The normalized spacial score (nSPS) is 26.8. The third-order valence-corrected chi connectivity index (χ3v) is 7.30. The van der Waals surface area contributed by atoms with Gasteiger partial charge in [0.05, 0.1) is 10.4 Å². The summed E-state index contributed by atoms with van der Waals surface area (Å²) >= 11 is 3.53. The lowest BCUT2D eigenvalue weighted by molar-refractivity contribution is -0.135. The standard InChI is InChI=1S/C19H23N3OS2/c1-3-8-22-9-6-19(18(22)23)13-21(11-15-5-4-14(2)25-15)12-16(19)17-20-7-10-24-17/h3-5,7,10,16H,1,6,8-9,11-13H2,2H3/t16-,19+/m1/s1. The van der Waals surface area contributed by atoms with Crippen LogP contribution in [0.25, 0.3) is 0 Å². The Hall–Kier alpha value is -1.50. The van der Waals surface area contributed by atoms with Gasteiger partial charge in [-0.05, 0) is 25.5 Å². The van der Waals surface area contributed by atoms with Crippen LogP contribution < -0.4 is 0 Å². The van der Waals surface area contributed by atoms with E-state index in [4.69, 9.17) is 0 Å². The molecule has 0 unspecified atom stereocenters. The number of rotatable bonds is 5. The minimum atomic E-state index is -0.312. The predicted octanol–water partition coefficient (Wildman–Crippen LogP) is 3.52. The lowest BCUT2D eigenvalue weighted by atomic mass is 9.77. The van der Waals surface area contributed by atoms with Gasteiger partial charge in [-0.2, -0.15) is 0 Å². The van der Waals surface area contributed by atoms with E-state index in [1.807, 2.05) is 33.9 Å². The molecule has 2 saturated heterocycles. The van der Waals surface area contributed by atoms with Crippen LogP contribution in [0.1, 0.15) is 27.1 Å². The van der Waals surface area contributed by atoms with Crippen LogP contribution in [0, 0.1) is 12.3 Å². The van der Waals surface area contributed by atoms with E-state index in [-0.39, 0.29) is 17.2 Å². The highest BCUT2D eigenvalue weighted by atomic mass is 32.1. The zero-order valence-electron chi connectivity index (χ0n) is 14.5. The fourth-order valence-electron chi connectivity index (χ4n) is 4.30. The summed E-state index contributed by atoms with van der Waals surface area (Å²) in [6.07, 6.45) is 4.61. The Morgan fingerprint density at radius 2 is 2.36 bits per heavy atom. The highest BCUT2D eigenvalue weighted by molar-refractivity contribution is 7.11. The fraction of sp³-hybridized carbons (Fsp3) is 0.474. The van der Waals surface area contributed by atoms with E-state index in [9.17, 15) is 4.79 Å². The summed E-state index contributed by atoms with van der Waals surface area (Å²) in [5.74, 6) is 0.494. The summed E-state index contributed by atoms with van der Waals surface area (Å²) in [5, 5.41) is 3.13. The summed E-state index contributed by atoms with van der Waals surface area (Å²) in [6, 6.07) is 4.39. The van der Waals surface area contributed by atoms with Gasteiger partial charge in [0.15, 0.2) is 0 Å². The molecule has 25 heavy (non-hydrogen) atoms. The van der Waals surface area contributed by atoms with Crippen molar-refractivity contribution in [1.82, 2.24) is 14.8 Å². The molecule has 0 saturated carbocycles. The van der Waals surface area contributed by atoms with Gasteiger partial charge in [0, 0.05) is 60.0 Å². The number of thiophene rings is 1. The first-order valence-corrected chi connectivity index (χ1v) is 10.4. The van der Waals surface area contributed by atoms with Crippen molar-refractivity contribution in [3.8, 4) is 0 Å². The molecular formula is C19H23N3OS2. The molecule has 2 aromatic rings. The number of carbonyl (C=O) groups excluding carboxylic acids is 1. The highest BCUT2D eigenvalue weighted by Gasteiger charge is 2.57. The Morgan fingerprint density at radius 3 is 3.04 bits per heavy atom. The second-order valence-corrected chi connectivity index (χ2v) is 9.35. The number of hydrogen-bond donors (Lipinski definition) is 0. The number of nitrogens with zero attached hydrogens (tertiary/aromatic N) is 3. The van der Waals surface area contributed by atoms with E-state index in [1.165, 1.54) is 9.75 Å². The molecule has 4 rings (SSSR count). The first kappa shape index (κ1) is 16.9. The summed E-state index contributed by atoms with van der Waals surface area (Å²) in [6.45, 7) is 10.1. The van der Waals surface area contributed by atoms with Crippen LogP contribution in [0.5, 0.6) is 0 Å². The maximum absolute atomic E-state index is 13.3. The monoisotopic (exact) mass is 373 g/mol. The highest BCUT2D eigenvalue weighted by Crippen LogP contribution is 2.50. The van der Waals surface area contributed by atoms with Crippen LogP contribution in [0.15, 0.2) is 36.4 Å². The van der Waals surface area contributed by atoms with Gasteiger partial charge in [-0.25, -0.2) is 4.98 Å². The number of amides is 1.